The fourth-order valence-corrected chi connectivity index (χ4v) is 2.96. The number of rotatable bonds is 4. The molecule has 0 aliphatic carbocycles. The van der Waals surface area contributed by atoms with E-state index in [2.05, 4.69) is 16.2 Å². The highest BCUT2D eigenvalue weighted by Crippen LogP contribution is 2.17. The van der Waals surface area contributed by atoms with Gasteiger partial charge in [0.05, 0.1) is 0 Å². The number of benzene rings is 1. The lowest BCUT2D eigenvalue weighted by Gasteiger charge is -2.16. The number of anilines is 1. The van der Waals surface area contributed by atoms with Crippen molar-refractivity contribution in [2.45, 2.75) is 44.8 Å². The molecule has 3 N–H and O–H groups in total. The number of hydrogen-bond donors (Lipinski definition) is 3. The van der Waals surface area contributed by atoms with E-state index in [1.54, 1.807) is 0 Å². The van der Waals surface area contributed by atoms with Crippen molar-refractivity contribution in [1.29, 1.82) is 0 Å². The second kappa shape index (κ2) is 6.46. The van der Waals surface area contributed by atoms with Crippen LogP contribution in [-0.4, -0.2) is 35.3 Å². The number of nitrogens with zero attached hydrogens (tertiary/aromatic N) is 1. The fourth-order valence-electron chi connectivity index (χ4n) is 2.96. The molecule has 2 unspecified atom stereocenters. The summed E-state index contributed by atoms with van der Waals surface area (Å²) in [6, 6.07) is 7.80. The highest BCUT2D eigenvalue weighted by atomic mass is 16.2. The molecule has 0 saturated carbocycles. The molecule has 2 fully saturated rings. The minimum absolute atomic E-state index is 0.0359. The lowest BCUT2D eigenvalue weighted by Crippen LogP contribution is -2.39. The Balaban J connectivity index is 1.61. The van der Waals surface area contributed by atoms with E-state index in [0.717, 1.165) is 30.6 Å². The van der Waals surface area contributed by atoms with E-state index in [1.807, 2.05) is 36.1 Å². The van der Waals surface area contributed by atoms with Gasteiger partial charge >= 0.3 is 0 Å². The third-order valence-electron chi connectivity index (χ3n) is 4.15. The van der Waals surface area contributed by atoms with Gasteiger partial charge in [-0.05, 0) is 37.5 Å². The minimum Gasteiger partial charge on any atom is -0.338 e. The molecule has 3 rings (SSSR count). The third-order valence-corrected chi connectivity index (χ3v) is 4.15. The molecule has 0 radical (unpaired) electrons. The maximum Gasteiger partial charge on any atom is 0.242 e. The molecule has 6 heteroatoms. The van der Waals surface area contributed by atoms with Crippen LogP contribution in [0.15, 0.2) is 24.3 Å². The van der Waals surface area contributed by atoms with Crippen LogP contribution in [-0.2, 0) is 16.1 Å². The predicted molar refractivity (Wildman–Crippen MR) is 83.9 cm³/mol. The predicted octanol–water partition coefficient (Wildman–Crippen LogP) is 1.00. The highest BCUT2D eigenvalue weighted by Gasteiger charge is 2.26. The molecule has 0 bridgehead atoms. The van der Waals surface area contributed by atoms with Gasteiger partial charge in [0, 0.05) is 31.2 Å². The lowest BCUT2D eigenvalue weighted by atomic mass is 10.1. The summed E-state index contributed by atoms with van der Waals surface area (Å²) in [5.41, 5.74) is 7.85. The molecule has 2 aliphatic rings. The molecule has 0 aromatic heterocycles. The van der Waals surface area contributed by atoms with Gasteiger partial charge in [0.2, 0.25) is 11.8 Å². The Morgan fingerprint density at radius 3 is 2.95 bits per heavy atom. The molecule has 118 valence electrons. The average molecular weight is 302 g/mol. The van der Waals surface area contributed by atoms with Crippen molar-refractivity contribution in [3.63, 3.8) is 0 Å². The highest BCUT2D eigenvalue weighted by molar-refractivity contribution is 5.95. The van der Waals surface area contributed by atoms with Gasteiger partial charge in [-0.15, -0.1) is 0 Å². The van der Waals surface area contributed by atoms with Crippen LogP contribution in [0.2, 0.25) is 0 Å². The Labute approximate surface area is 130 Å². The van der Waals surface area contributed by atoms with E-state index in [0.29, 0.717) is 19.0 Å². The second-order valence-corrected chi connectivity index (χ2v) is 6.09. The van der Waals surface area contributed by atoms with Crippen molar-refractivity contribution in [2.75, 3.05) is 11.9 Å². The summed E-state index contributed by atoms with van der Waals surface area (Å²) in [6.45, 7) is 3.47. The number of amides is 2. The van der Waals surface area contributed by atoms with Gasteiger partial charge in [-0.1, -0.05) is 12.1 Å². The number of hydrogen-bond acceptors (Lipinski definition) is 4. The first kappa shape index (κ1) is 15.0. The zero-order valence-electron chi connectivity index (χ0n) is 12.8. The van der Waals surface area contributed by atoms with Crippen LogP contribution in [0, 0.1) is 0 Å². The van der Waals surface area contributed by atoms with Gasteiger partial charge in [-0.3, -0.25) is 15.0 Å². The van der Waals surface area contributed by atoms with E-state index < -0.39 is 0 Å². The SMILES string of the molecule is CC1CC(C(=O)Nc2cccc(CN3CCCC3=O)c2)NN1. The normalized spacial score (nSPS) is 24.8. The summed E-state index contributed by atoms with van der Waals surface area (Å²) in [6.07, 6.45) is 2.36. The van der Waals surface area contributed by atoms with Crippen LogP contribution in [0.3, 0.4) is 0 Å². The van der Waals surface area contributed by atoms with Crippen molar-refractivity contribution in [3.8, 4) is 0 Å². The van der Waals surface area contributed by atoms with E-state index in [1.165, 1.54) is 0 Å². The van der Waals surface area contributed by atoms with Gasteiger partial charge < -0.3 is 10.2 Å². The van der Waals surface area contributed by atoms with Crippen LogP contribution in [0.25, 0.3) is 0 Å². The summed E-state index contributed by atoms with van der Waals surface area (Å²) in [7, 11) is 0. The Kier molecular flexibility index (Phi) is 4.40. The van der Waals surface area contributed by atoms with Crippen molar-refractivity contribution >= 4 is 17.5 Å². The van der Waals surface area contributed by atoms with Crippen LogP contribution in [0.4, 0.5) is 5.69 Å². The molecule has 2 aliphatic heterocycles. The number of carbonyl (C=O) groups is 2. The molecule has 1 aromatic rings. The second-order valence-electron chi connectivity index (χ2n) is 6.09. The van der Waals surface area contributed by atoms with Crippen LogP contribution in [0.5, 0.6) is 0 Å². The third kappa shape index (κ3) is 3.45. The molecular weight excluding hydrogens is 280 g/mol. The average Bonchev–Trinajstić information content (AvgIpc) is 3.09. The van der Waals surface area contributed by atoms with Crippen molar-refractivity contribution in [1.82, 2.24) is 15.8 Å². The van der Waals surface area contributed by atoms with Crippen LogP contribution >= 0.6 is 0 Å². The molecule has 22 heavy (non-hydrogen) atoms. The first-order chi connectivity index (χ1) is 10.6. The zero-order valence-corrected chi connectivity index (χ0v) is 12.8. The number of nitrogens with one attached hydrogen (secondary N) is 3. The van der Waals surface area contributed by atoms with E-state index in [9.17, 15) is 9.59 Å². The summed E-state index contributed by atoms with van der Waals surface area (Å²) >= 11 is 0. The molecular formula is C16H22N4O2. The Morgan fingerprint density at radius 1 is 1.41 bits per heavy atom. The Bertz CT molecular complexity index is 575. The van der Waals surface area contributed by atoms with Gasteiger partial charge in [0.1, 0.15) is 6.04 Å². The molecule has 2 atom stereocenters. The van der Waals surface area contributed by atoms with Gasteiger partial charge in [0.15, 0.2) is 0 Å². The quantitative estimate of drug-likeness (QED) is 0.776. The molecule has 2 heterocycles. The maximum atomic E-state index is 12.2. The number of likely N-dealkylation sites (tertiary alicyclic amines) is 1. The Hall–Kier alpha value is -1.92. The molecule has 1 aromatic carbocycles. The number of carbonyl (C=O) groups excluding carboxylic acids is 2. The summed E-state index contributed by atoms with van der Waals surface area (Å²) < 4.78 is 0. The minimum atomic E-state index is -0.209. The van der Waals surface area contributed by atoms with Crippen LogP contribution in [0.1, 0.15) is 31.7 Å². The molecule has 2 amide bonds. The van der Waals surface area contributed by atoms with Gasteiger partial charge in [0.25, 0.3) is 0 Å². The van der Waals surface area contributed by atoms with Gasteiger partial charge in [-0.2, -0.15) is 0 Å². The standard InChI is InChI=1S/C16H22N4O2/c1-11-8-14(19-18-11)16(22)17-13-5-2-4-12(9-13)10-20-7-3-6-15(20)21/h2,4-5,9,11,14,18-19H,3,6-8,10H2,1H3,(H,17,22). The number of hydrazine groups is 1. The first-order valence-corrected chi connectivity index (χ1v) is 7.80. The van der Waals surface area contributed by atoms with Crippen molar-refractivity contribution in [3.05, 3.63) is 29.8 Å². The molecule has 2 saturated heterocycles. The lowest BCUT2D eigenvalue weighted by molar-refractivity contribution is -0.128. The van der Waals surface area contributed by atoms with Crippen LogP contribution < -0.4 is 16.2 Å². The molecule has 0 spiro atoms. The first-order valence-electron chi connectivity index (χ1n) is 7.80. The summed E-state index contributed by atoms with van der Waals surface area (Å²) in [5, 5.41) is 2.94. The van der Waals surface area contributed by atoms with Crippen molar-refractivity contribution in [2.24, 2.45) is 0 Å². The summed E-state index contributed by atoms with van der Waals surface area (Å²) in [5.74, 6) is 0.177. The van der Waals surface area contributed by atoms with Crippen molar-refractivity contribution < 1.29 is 9.59 Å². The monoisotopic (exact) mass is 302 g/mol. The topological polar surface area (TPSA) is 73.5 Å². The molecule has 6 nitrogen and oxygen atoms in total. The summed E-state index contributed by atoms with van der Waals surface area (Å²) in [4.78, 5) is 25.7. The van der Waals surface area contributed by atoms with E-state index >= 15 is 0 Å². The smallest absolute Gasteiger partial charge is 0.242 e. The zero-order chi connectivity index (χ0) is 15.5. The Morgan fingerprint density at radius 2 is 2.27 bits per heavy atom. The largest absolute Gasteiger partial charge is 0.338 e. The maximum absolute atomic E-state index is 12.2. The van der Waals surface area contributed by atoms with E-state index in [4.69, 9.17) is 0 Å². The van der Waals surface area contributed by atoms with E-state index in [-0.39, 0.29) is 17.9 Å². The van der Waals surface area contributed by atoms with Gasteiger partial charge in [-0.25, -0.2) is 5.43 Å². The fraction of sp³-hybridized carbons (Fsp3) is 0.500.